The van der Waals surface area contributed by atoms with Gasteiger partial charge in [-0.1, -0.05) is 12.1 Å². The van der Waals surface area contributed by atoms with Crippen LogP contribution in [0.3, 0.4) is 0 Å². The lowest BCUT2D eigenvalue weighted by molar-refractivity contribution is -0.0771. The van der Waals surface area contributed by atoms with Gasteiger partial charge in [0, 0.05) is 11.4 Å². The number of sulfonamides is 1. The Bertz CT molecular complexity index is 977. The van der Waals surface area contributed by atoms with E-state index >= 15 is 0 Å². The molecule has 0 aliphatic carbocycles. The van der Waals surface area contributed by atoms with Crippen LogP contribution in [0.2, 0.25) is 0 Å². The highest BCUT2D eigenvalue weighted by molar-refractivity contribution is 7.89. The van der Waals surface area contributed by atoms with Crippen LogP contribution in [0.4, 0.5) is 0 Å². The zero-order valence-corrected chi connectivity index (χ0v) is 17.0. The number of hydrogen-bond acceptors (Lipinski definition) is 6. The van der Waals surface area contributed by atoms with Crippen molar-refractivity contribution in [1.82, 2.24) is 10.6 Å². The third-order valence-electron chi connectivity index (χ3n) is 5.31. The molecule has 4 N–H and O–H groups in total. The van der Waals surface area contributed by atoms with E-state index < -0.39 is 10.0 Å². The zero-order valence-electron chi connectivity index (χ0n) is 15.4. The molecule has 2 aliphatic rings. The molecule has 1 aromatic carbocycles. The van der Waals surface area contributed by atoms with E-state index in [9.17, 15) is 13.2 Å². The van der Waals surface area contributed by atoms with Crippen LogP contribution in [0.5, 0.6) is 0 Å². The maximum atomic E-state index is 12.7. The number of amides is 1. The first-order valence-electron chi connectivity index (χ1n) is 9.25. The lowest BCUT2D eigenvalue weighted by Crippen LogP contribution is -2.43. The molecule has 0 saturated carbocycles. The molecule has 0 unspecified atom stereocenters. The molecule has 28 heavy (non-hydrogen) atoms. The van der Waals surface area contributed by atoms with Crippen LogP contribution in [0, 0.1) is 0 Å². The van der Waals surface area contributed by atoms with Crippen molar-refractivity contribution in [3.63, 3.8) is 0 Å². The van der Waals surface area contributed by atoms with Gasteiger partial charge in [-0.05, 0) is 61.7 Å². The van der Waals surface area contributed by atoms with Crippen LogP contribution in [0.15, 0.2) is 35.2 Å². The third kappa shape index (κ3) is 3.85. The monoisotopic (exact) mass is 421 g/mol. The van der Waals surface area contributed by atoms with Gasteiger partial charge in [-0.15, -0.1) is 11.3 Å². The molecule has 1 fully saturated rings. The number of thiophene rings is 1. The van der Waals surface area contributed by atoms with Gasteiger partial charge in [0.15, 0.2) is 0 Å². The molecule has 4 rings (SSSR count). The molecule has 2 aromatic rings. The van der Waals surface area contributed by atoms with Gasteiger partial charge in [0.2, 0.25) is 10.0 Å². The molecule has 3 heterocycles. The van der Waals surface area contributed by atoms with E-state index in [-0.39, 0.29) is 16.4 Å². The minimum atomic E-state index is -3.71. The lowest BCUT2D eigenvalue weighted by Gasteiger charge is -2.40. The molecule has 1 amide bonds. The van der Waals surface area contributed by atoms with Crippen molar-refractivity contribution >= 4 is 27.3 Å². The zero-order chi connectivity index (χ0) is 19.8. The molecular weight excluding hydrogens is 398 g/mol. The largest absolute Gasteiger partial charge is 0.369 e. The van der Waals surface area contributed by atoms with E-state index in [1.165, 1.54) is 33.9 Å². The van der Waals surface area contributed by atoms with E-state index in [2.05, 4.69) is 10.6 Å². The van der Waals surface area contributed by atoms with Crippen LogP contribution in [0.1, 0.15) is 38.5 Å². The van der Waals surface area contributed by atoms with Crippen LogP contribution >= 0.6 is 11.3 Å². The second-order valence-corrected chi connectivity index (χ2v) is 9.79. The van der Waals surface area contributed by atoms with Crippen molar-refractivity contribution in [3.05, 3.63) is 51.2 Å². The summed E-state index contributed by atoms with van der Waals surface area (Å²) in [6.07, 6.45) is 2.69. The molecule has 150 valence electrons. The summed E-state index contributed by atoms with van der Waals surface area (Å²) in [5.74, 6) is -0.126. The normalized spacial score (nSPS) is 18.6. The van der Waals surface area contributed by atoms with Crippen molar-refractivity contribution in [3.8, 4) is 0 Å². The van der Waals surface area contributed by atoms with Crippen LogP contribution in [0.25, 0.3) is 0 Å². The van der Waals surface area contributed by atoms with Crippen molar-refractivity contribution in [1.29, 1.82) is 0 Å². The lowest BCUT2D eigenvalue weighted by atomic mass is 9.86. The summed E-state index contributed by atoms with van der Waals surface area (Å²) in [4.78, 5) is 14.6. The van der Waals surface area contributed by atoms with Gasteiger partial charge < -0.3 is 15.4 Å². The maximum Gasteiger partial charge on any atom is 0.261 e. The summed E-state index contributed by atoms with van der Waals surface area (Å²) < 4.78 is 28.8. The van der Waals surface area contributed by atoms with Crippen molar-refractivity contribution in [2.24, 2.45) is 5.14 Å². The summed E-state index contributed by atoms with van der Waals surface area (Å²) >= 11 is 1.53. The van der Waals surface area contributed by atoms with Crippen molar-refractivity contribution in [2.75, 3.05) is 19.7 Å². The fourth-order valence-electron chi connectivity index (χ4n) is 3.80. The maximum absolute atomic E-state index is 12.7. The SMILES string of the molecule is NS(=O)(=O)c1ccc(CNC(=O)c2cc3c(s2)C2(CCNCC2)OCC3)cc1. The van der Waals surface area contributed by atoms with Crippen LogP contribution in [-0.4, -0.2) is 34.0 Å². The second kappa shape index (κ2) is 7.57. The predicted octanol–water partition coefficient (Wildman–Crippen LogP) is 1.48. The molecule has 0 atom stereocenters. The number of rotatable bonds is 4. The number of ether oxygens (including phenoxy) is 1. The smallest absolute Gasteiger partial charge is 0.261 e. The summed E-state index contributed by atoms with van der Waals surface area (Å²) in [6.45, 7) is 2.86. The highest BCUT2D eigenvalue weighted by Crippen LogP contribution is 2.44. The average molecular weight is 422 g/mol. The second-order valence-electron chi connectivity index (χ2n) is 7.18. The van der Waals surface area contributed by atoms with Crippen LogP contribution in [-0.2, 0) is 33.3 Å². The topological polar surface area (TPSA) is 111 Å². The molecule has 2 aliphatic heterocycles. The van der Waals surface area contributed by atoms with Gasteiger partial charge in [0.1, 0.15) is 5.60 Å². The molecule has 1 aromatic heterocycles. The Morgan fingerprint density at radius 3 is 2.64 bits per heavy atom. The summed E-state index contributed by atoms with van der Waals surface area (Å²) in [5, 5.41) is 11.4. The fourth-order valence-corrected chi connectivity index (χ4v) is 5.64. The third-order valence-corrected chi connectivity index (χ3v) is 7.60. The Balaban J connectivity index is 1.46. The highest BCUT2D eigenvalue weighted by Gasteiger charge is 2.41. The Hall–Kier alpha value is -1.78. The van der Waals surface area contributed by atoms with E-state index in [0.717, 1.165) is 37.9 Å². The first kappa shape index (κ1) is 19.5. The quantitative estimate of drug-likeness (QED) is 0.693. The number of carbonyl (C=O) groups is 1. The predicted molar refractivity (Wildman–Crippen MR) is 107 cm³/mol. The van der Waals surface area contributed by atoms with Crippen molar-refractivity contribution < 1.29 is 17.9 Å². The summed E-state index contributed by atoms with van der Waals surface area (Å²) in [7, 11) is -3.71. The number of primary sulfonamides is 1. The average Bonchev–Trinajstić information content (AvgIpc) is 3.13. The highest BCUT2D eigenvalue weighted by atomic mass is 32.2. The van der Waals surface area contributed by atoms with Gasteiger partial charge in [0.05, 0.1) is 16.4 Å². The first-order chi connectivity index (χ1) is 13.4. The molecule has 9 heteroatoms. The molecule has 7 nitrogen and oxygen atoms in total. The standard InChI is InChI=1S/C19H23N3O4S2/c20-28(24,25)15-3-1-13(2-4-15)12-22-18(23)16-11-14-5-10-26-19(17(14)27-16)6-8-21-9-7-19/h1-4,11,21H,5-10,12H2,(H,22,23)(H2,20,24,25). The Labute approximate surface area is 168 Å². The van der Waals surface area contributed by atoms with Crippen LogP contribution < -0.4 is 15.8 Å². The number of benzene rings is 1. The Kier molecular flexibility index (Phi) is 5.28. The van der Waals surface area contributed by atoms with Gasteiger partial charge in [-0.2, -0.15) is 0 Å². The molecule has 0 bridgehead atoms. The Morgan fingerprint density at radius 1 is 1.25 bits per heavy atom. The number of hydrogen-bond donors (Lipinski definition) is 3. The number of nitrogens with two attached hydrogens (primary N) is 1. The number of nitrogens with one attached hydrogen (secondary N) is 2. The first-order valence-corrected chi connectivity index (χ1v) is 11.6. The van der Waals surface area contributed by atoms with Gasteiger partial charge in [0.25, 0.3) is 5.91 Å². The van der Waals surface area contributed by atoms with Gasteiger partial charge >= 0.3 is 0 Å². The van der Waals surface area contributed by atoms with E-state index in [0.29, 0.717) is 18.0 Å². The fraction of sp³-hybridized carbons (Fsp3) is 0.421. The molecule has 1 spiro atoms. The number of piperidine rings is 1. The van der Waals surface area contributed by atoms with Gasteiger partial charge in [-0.3, -0.25) is 4.79 Å². The molecular formula is C19H23N3O4S2. The minimum Gasteiger partial charge on any atom is -0.369 e. The van der Waals surface area contributed by atoms with Crippen molar-refractivity contribution in [2.45, 2.75) is 36.3 Å². The minimum absolute atomic E-state index is 0.0563. The summed E-state index contributed by atoms with van der Waals surface area (Å²) in [5.41, 5.74) is 1.78. The van der Waals surface area contributed by atoms with E-state index in [1.54, 1.807) is 12.1 Å². The van der Waals surface area contributed by atoms with E-state index in [4.69, 9.17) is 9.88 Å². The number of carbonyl (C=O) groups excluding carboxylic acids is 1. The molecule has 0 radical (unpaired) electrons. The Morgan fingerprint density at radius 2 is 1.96 bits per heavy atom. The number of fused-ring (bicyclic) bond motifs is 2. The molecule has 1 saturated heterocycles. The van der Waals surface area contributed by atoms with E-state index in [1.807, 2.05) is 6.07 Å². The van der Waals surface area contributed by atoms with Gasteiger partial charge in [-0.25, -0.2) is 13.6 Å². The summed E-state index contributed by atoms with van der Waals surface area (Å²) in [6, 6.07) is 8.18.